The molecule has 41 heavy (non-hydrogen) atoms. The molecule has 1 saturated heterocycles. The molecule has 8 nitrogen and oxygen atoms in total. The van der Waals surface area contributed by atoms with Gasteiger partial charge in [0, 0.05) is 44.8 Å². The molecule has 0 spiro atoms. The zero-order valence-electron chi connectivity index (χ0n) is 23.2. The molecule has 1 aromatic heterocycles. The number of ether oxygens (including phenoxy) is 1. The first kappa shape index (κ1) is 28.0. The highest BCUT2D eigenvalue weighted by molar-refractivity contribution is 7.89. The number of carbonyl (C=O) groups is 1. The average molecular weight is 591 g/mol. The van der Waals surface area contributed by atoms with Crippen molar-refractivity contribution in [3.05, 3.63) is 89.0 Å². The van der Waals surface area contributed by atoms with E-state index in [1.54, 1.807) is 29.2 Å². The summed E-state index contributed by atoms with van der Waals surface area (Å²) in [5, 5.41) is 0.657. The van der Waals surface area contributed by atoms with Gasteiger partial charge >= 0.3 is 0 Å². The largest absolute Gasteiger partial charge is 0.379 e. The van der Waals surface area contributed by atoms with Crippen LogP contribution >= 0.6 is 11.3 Å². The van der Waals surface area contributed by atoms with Crippen LogP contribution in [0.5, 0.6) is 0 Å². The maximum Gasteiger partial charge on any atom is 0.260 e. The number of fused-ring (bicyclic) bond motifs is 2. The lowest BCUT2D eigenvalue weighted by molar-refractivity contribution is 0.0376. The number of amides is 1. The number of hydrogen-bond donors (Lipinski definition) is 0. The summed E-state index contributed by atoms with van der Waals surface area (Å²) in [5.74, 6) is -0.181. The van der Waals surface area contributed by atoms with Crippen molar-refractivity contribution in [2.45, 2.75) is 31.2 Å². The zero-order valence-corrected chi connectivity index (χ0v) is 24.8. The van der Waals surface area contributed by atoms with Gasteiger partial charge in [-0.15, -0.1) is 0 Å². The van der Waals surface area contributed by atoms with Crippen LogP contribution < -0.4 is 4.90 Å². The van der Waals surface area contributed by atoms with Crippen molar-refractivity contribution in [2.75, 3.05) is 50.8 Å². The molecule has 3 heterocycles. The monoisotopic (exact) mass is 590 g/mol. The highest BCUT2D eigenvalue weighted by atomic mass is 32.2. The number of sulfonamides is 1. The molecule has 0 radical (unpaired) electrons. The van der Waals surface area contributed by atoms with Gasteiger partial charge < -0.3 is 4.74 Å². The predicted molar refractivity (Wildman–Crippen MR) is 162 cm³/mol. The van der Waals surface area contributed by atoms with Crippen molar-refractivity contribution in [1.29, 1.82) is 0 Å². The summed E-state index contributed by atoms with van der Waals surface area (Å²) in [6.07, 6.45) is 1.48. The third-order valence-electron chi connectivity index (χ3n) is 7.88. The van der Waals surface area contributed by atoms with Gasteiger partial charge in [-0.25, -0.2) is 13.4 Å². The van der Waals surface area contributed by atoms with Crippen LogP contribution in [-0.4, -0.2) is 74.5 Å². The number of benzene rings is 3. The number of thiazole rings is 1. The molecule has 0 aliphatic carbocycles. The smallest absolute Gasteiger partial charge is 0.260 e. The lowest BCUT2D eigenvalue weighted by atomic mass is 10.0. The number of para-hydroxylation sites is 1. The van der Waals surface area contributed by atoms with E-state index in [4.69, 9.17) is 9.72 Å². The molecular formula is C31H34N4O4S2. The summed E-state index contributed by atoms with van der Waals surface area (Å²) in [5.41, 5.74) is 4.64. The molecule has 1 fully saturated rings. The van der Waals surface area contributed by atoms with Crippen molar-refractivity contribution in [2.24, 2.45) is 0 Å². The Morgan fingerprint density at radius 2 is 1.73 bits per heavy atom. The van der Waals surface area contributed by atoms with Gasteiger partial charge in [-0.2, -0.15) is 4.31 Å². The van der Waals surface area contributed by atoms with Gasteiger partial charge in [0.05, 0.1) is 28.3 Å². The molecule has 0 saturated carbocycles. The van der Waals surface area contributed by atoms with Crippen LogP contribution in [0.2, 0.25) is 0 Å². The van der Waals surface area contributed by atoms with E-state index in [1.165, 1.54) is 21.2 Å². The summed E-state index contributed by atoms with van der Waals surface area (Å²) in [4.78, 5) is 23.0. The Morgan fingerprint density at radius 3 is 2.49 bits per heavy atom. The minimum Gasteiger partial charge on any atom is -0.379 e. The van der Waals surface area contributed by atoms with Crippen LogP contribution in [-0.2, 0) is 27.7 Å². The Bertz CT molecular complexity index is 1650. The van der Waals surface area contributed by atoms with E-state index < -0.39 is 10.0 Å². The summed E-state index contributed by atoms with van der Waals surface area (Å²) in [6, 6.07) is 20.4. The standard InChI is InChI=1S/C31H34N4O4S2/c1-23-6-4-9-28-29(23)32-31(40-28)35(16-5-15-33-18-20-39-21-19-33)30(36)25-10-12-27(13-11-25)41(37,38)34-17-14-24-7-2-3-8-26(24)22-34/h2-4,6-13H,5,14-22H2,1H3. The SMILES string of the molecule is Cc1cccc2sc(N(CCCN3CCOCC3)C(=O)c3ccc(S(=O)(=O)N4CCc5ccccc5C4)cc3)nc12. The second-order valence-corrected chi connectivity index (χ2v) is 13.5. The van der Waals surface area contributed by atoms with E-state index in [9.17, 15) is 13.2 Å². The molecule has 10 heteroatoms. The first-order valence-corrected chi connectivity index (χ1v) is 16.3. The van der Waals surface area contributed by atoms with Gasteiger partial charge in [0.1, 0.15) is 0 Å². The molecule has 0 bridgehead atoms. The van der Waals surface area contributed by atoms with Crippen LogP contribution in [0.3, 0.4) is 0 Å². The second-order valence-electron chi connectivity index (χ2n) is 10.6. The van der Waals surface area contributed by atoms with Gasteiger partial charge in [-0.3, -0.25) is 14.6 Å². The predicted octanol–water partition coefficient (Wildman–Crippen LogP) is 4.72. The molecule has 0 N–H and O–H groups in total. The second kappa shape index (κ2) is 12.0. The molecule has 6 rings (SSSR count). The van der Waals surface area contributed by atoms with Gasteiger partial charge in [-0.1, -0.05) is 47.7 Å². The lowest BCUT2D eigenvalue weighted by Gasteiger charge is -2.28. The number of carbonyl (C=O) groups excluding carboxylic acids is 1. The van der Waals surface area contributed by atoms with Crippen molar-refractivity contribution < 1.29 is 17.9 Å². The number of anilines is 1. The minimum absolute atomic E-state index is 0.181. The quantitative estimate of drug-likeness (QED) is 0.295. The third-order valence-corrected chi connectivity index (χ3v) is 10.8. The van der Waals surface area contributed by atoms with Crippen LogP contribution in [0.25, 0.3) is 10.2 Å². The lowest BCUT2D eigenvalue weighted by Crippen LogP contribution is -2.39. The fourth-order valence-electron chi connectivity index (χ4n) is 5.50. The van der Waals surface area contributed by atoms with E-state index in [1.807, 2.05) is 43.3 Å². The molecule has 4 aromatic rings. The number of hydrogen-bond acceptors (Lipinski definition) is 7. The Labute approximate surface area is 245 Å². The molecule has 214 valence electrons. The highest BCUT2D eigenvalue weighted by Crippen LogP contribution is 2.32. The maximum absolute atomic E-state index is 13.9. The van der Waals surface area contributed by atoms with Gasteiger partial charge in [0.25, 0.3) is 5.91 Å². The van der Waals surface area contributed by atoms with Gasteiger partial charge in [0.15, 0.2) is 5.13 Å². The number of rotatable bonds is 8. The Kier molecular flexibility index (Phi) is 8.19. The van der Waals surface area contributed by atoms with E-state index >= 15 is 0 Å². The fraction of sp³-hybridized carbons (Fsp3) is 0.355. The first-order valence-electron chi connectivity index (χ1n) is 14.1. The first-order chi connectivity index (χ1) is 19.9. The molecule has 3 aromatic carbocycles. The van der Waals surface area contributed by atoms with Crippen LogP contribution in [0.4, 0.5) is 5.13 Å². The molecule has 2 aliphatic rings. The number of aromatic nitrogens is 1. The maximum atomic E-state index is 13.9. The van der Waals surface area contributed by atoms with E-state index in [0.29, 0.717) is 36.8 Å². The average Bonchev–Trinajstić information content (AvgIpc) is 3.45. The van der Waals surface area contributed by atoms with Crippen molar-refractivity contribution in [3.63, 3.8) is 0 Å². The van der Waals surface area contributed by atoms with Crippen molar-refractivity contribution in [1.82, 2.24) is 14.2 Å². The number of aryl methyl sites for hydroxylation is 1. The molecule has 2 aliphatic heterocycles. The zero-order chi connectivity index (χ0) is 28.4. The summed E-state index contributed by atoms with van der Waals surface area (Å²) in [7, 11) is -3.69. The Morgan fingerprint density at radius 1 is 0.976 bits per heavy atom. The van der Waals surface area contributed by atoms with Crippen LogP contribution in [0.15, 0.2) is 71.6 Å². The normalized spacial score (nSPS) is 16.5. The Hall–Kier alpha value is -3.15. The molecule has 0 unspecified atom stereocenters. The molecule has 0 atom stereocenters. The summed E-state index contributed by atoms with van der Waals surface area (Å²) >= 11 is 1.51. The Balaban J connectivity index is 1.22. The molecular weight excluding hydrogens is 556 g/mol. The van der Waals surface area contributed by atoms with Gasteiger partial charge in [0.2, 0.25) is 10.0 Å². The van der Waals surface area contributed by atoms with Crippen molar-refractivity contribution in [3.8, 4) is 0 Å². The third kappa shape index (κ3) is 5.93. The highest BCUT2D eigenvalue weighted by Gasteiger charge is 2.29. The topological polar surface area (TPSA) is 83.0 Å². The fourth-order valence-corrected chi connectivity index (χ4v) is 7.99. The van der Waals surface area contributed by atoms with E-state index in [2.05, 4.69) is 11.0 Å². The van der Waals surface area contributed by atoms with Gasteiger partial charge in [-0.05, 0) is 66.8 Å². The number of morpholine rings is 1. The summed E-state index contributed by atoms with van der Waals surface area (Å²) in [6.45, 7) is 7.46. The molecule has 1 amide bonds. The van der Waals surface area contributed by atoms with E-state index in [-0.39, 0.29) is 10.8 Å². The van der Waals surface area contributed by atoms with E-state index in [0.717, 1.165) is 60.6 Å². The van der Waals surface area contributed by atoms with Crippen molar-refractivity contribution >= 4 is 42.6 Å². The number of nitrogens with zero attached hydrogens (tertiary/aromatic N) is 4. The summed E-state index contributed by atoms with van der Waals surface area (Å²) < 4.78 is 35.0. The minimum atomic E-state index is -3.69. The van der Waals surface area contributed by atoms with Crippen LogP contribution in [0.1, 0.15) is 33.5 Å². The van der Waals surface area contributed by atoms with Crippen LogP contribution in [0, 0.1) is 6.92 Å².